The summed E-state index contributed by atoms with van der Waals surface area (Å²) in [5.41, 5.74) is 2.09. The summed E-state index contributed by atoms with van der Waals surface area (Å²) in [6.07, 6.45) is 1.79. The topological polar surface area (TPSA) is 30.0 Å². The molecule has 2 nitrogen and oxygen atoms in total. The first-order valence-electron chi connectivity index (χ1n) is 5.59. The molecule has 0 radical (unpaired) electrons. The molecule has 0 amide bonds. The molecule has 0 aliphatic carbocycles. The van der Waals surface area contributed by atoms with Gasteiger partial charge in [-0.2, -0.15) is 0 Å². The number of carbonyl (C=O) groups is 1. The van der Waals surface area contributed by atoms with Crippen LogP contribution in [-0.2, 0) is 4.79 Å². The number of halogens is 1. The molecular weight excluding hydrogens is 278 g/mol. The molecule has 0 N–H and O–H groups in total. The number of alkyl halides is 1. The Bertz CT molecular complexity index is 547. The van der Waals surface area contributed by atoms with E-state index in [9.17, 15) is 4.79 Å². The lowest BCUT2D eigenvalue weighted by molar-refractivity contribution is -0.116. The maximum atomic E-state index is 11.4. The van der Waals surface area contributed by atoms with E-state index >= 15 is 0 Å². The van der Waals surface area contributed by atoms with Crippen molar-refractivity contribution in [2.24, 2.45) is 0 Å². The molecule has 1 heterocycles. The molecule has 2 unspecified atom stereocenters. The minimum absolute atomic E-state index is 0.117. The molecule has 2 rings (SSSR count). The zero-order valence-electron chi connectivity index (χ0n) is 9.85. The Morgan fingerprint density at radius 3 is 2.71 bits per heavy atom. The van der Waals surface area contributed by atoms with Gasteiger partial charge in [0.1, 0.15) is 5.78 Å². The van der Waals surface area contributed by atoms with Crippen molar-refractivity contribution in [3.63, 3.8) is 0 Å². The maximum Gasteiger partial charge on any atom is 0.144 e. The number of nitrogens with zero attached hydrogens (tertiary/aromatic N) is 1. The molecule has 3 heteroatoms. The van der Waals surface area contributed by atoms with Gasteiger partial charge in [-0.15, -0.1) is 0 Å². The Morgan fingerprint density at radius 1 is 1.29 bits per heavy atom. The first kappa shape index (κ1) is 12.2. The molecular formula is C14H14BrNO. The molecule has 2 aromatic rings. The van der Waals surface area contributed by atoms with Crippen molar-refractivity contribution < 1.29 is 4.79 Å². The predicted molar refractivity (Wildman–Crippen MR) is 73.6 cm³/mol. The second kappa shape index (κ2) is 4.96. The van der Waals surface area contributed by atoms with Crippen molar-refractivity contribution in [1.29, 1.82) is 0 Å². The lowest BCUT2D eigenvalue weighted by atomic mass is 9.94. The van der Waals surface area contributed by atoms with Gasteiger partial charge in [0.05, 0.1) is 10.3 Å². The van der Waals surface area contributed by atoms with Crippen LogP contribution in [0.25, 0.3) is 10.9 Å². The summed E-state index contributed by atoms with van der Waals surface area (Å²) in [5.74, 6) is 0.261. The number of hydrogen-bond donors (Lipinski definition) is 0. The van der Waals surface area contributed by atoms with E-state index in [-0.39, 0.29) is 16.5 Å². The number of hydrogen-bond acceptors (Lipinski definition) is 2. The third kappa shape index (κ3) is 2.39. The lowest BCUT2D eigenvalue weighted by Crippen LogP contribution is -2.17. The standard InChI is InChI=1S/C14H14BrNO/c1-9(13(15)10(2)17)12-7-3-5-11-6-4-8-16-14(11)12/h3-9,13H,1-2H3. The van der Waals surface area contributed by atoms with Crippen LogP contribution in [0.5, 0.6) is 0 Å². The monoisotopic (exact) mass is 291 g/mol. The van der Waals surface area contributed by atoms with Gasteiger partial charge in [0.15, 0.2) is 0 Å². The Morgan fingerprint density at radius 2 is 2.00 bits per heavy atom. The van der Waals surface area contributed by atoms with E-state index in [4.69, 9.17) is 0 Å². The van der Waals surface area contributed by atoms with E-state index in [0.717, 1.165) is 16.5 Å². The number of fused-ring (bicyclic) bond motifs is 1. The number of aromatic nitrogens is 1. The average Bonchev–Trinajstić information content (AvgIpc) is 2.36. The molecule has 0 aliphatic rings. The summed E-state index contributed by atoms with van der Waals surface area (Å²) in [4.78, 5) is 15.7. The van der Waals surface area contributed by atoms with Crippen LogP contribution in [0, 0.1) is 0 Å². The Hall–Kier alpha value is -1.22. The smallest absolute Gasteiger partial charge is 0.144 e. The normalized spacial score (nSPS) is 14.5. The number of ketones is 1. The van der Waals surface area contributed by atoms with Crippen LogP contribution in [0.4, 0.5) is 0 Å². The predicted octanol–water partition coefficient (Wildman–Crippen LogP) is 3.69. The quantitative estimate of drug-likeness (QED) is 0.808. The van der Waals surface area contributed by atoms with Gasteiger partial charge in [0.25, 0.3) is 0 Å². The van der Waals surface area contributed by atoms with Gasteiger partial charge in [-0.05, 0) is 18.6 Å². The van der Waals surface area contributed by atoms with Crippen LogP contribution < -0.4 is 0 Å². The van der Waals surface area contributed by atoms with Crippen molar-refractivity contribution in [2.45, 2.75) is 24.6 Å². The summed E-state index contributed by atoms with van der Waals surface area (Å²) < 4.78 is 0. The minimum Gasteiger partial charge on any atom is -0.299 e. The zero-order valence-corrected chi connectivity index (χ0v) is 11.4. The fourth-order valence-electron chi connectivity index (χ4n) is 2.00. The summed E-state index contributed by atoms with van der Waals surface area (Å²) in [6, 6.07) is 10.0. The SMILES string of the molecule is CC(=O)C(Br)C(C)c1cccc2cccnc12. The number of carbonyl (C=O) groups excluding carboxylic acids is 1. The van der Waals surface area contributed by atoms with Gasteiger partial charge in [-0.25, -0.2) is 0 Å². The van der Waals surface area contributed by atoms with Crippen molar-refractivity contribution in [3.8, 4) is 0 Å². The molecule has 0 saturated carbocycles. The molecule has 0 aliphatic heterocycles. The third-order valence-corrected chi connectivity index (χ3v) is 4.42. The fraction of sp³-hybridized carbons (Fsp3) is 0.286. The minimum atomic E-state index is -0.157. The molecule has 0 saturated heterocycles. The number of benzene rings is 1. The molecule has 17 heavy (non-hydrogen) atoms. The first-order valence-corrected chi connectivity index (χ1v) is 6.51. The van der Waals surface area contributed by atoms with Crippen LogP contribution in [0.2, 0.25) is 0 Å². The molecule has 88 valence electrons. The van der Waals surface area contributed by atoms with Crippen LogP contribution in [0.15, 0.2) is 36.5 Å². The van der Waals surface area contributed by atoms with E-state index in [2.05, 4.69) is 20.9 Å². The Kier molecular flexibility index (Phi) is 3.57. The number of Topliss-reactive ketones (excluding diaryl/α,β-unsaturated/α-hetero) is 1. The van der Waals surface area contributed by atoms with Gasteiger partial charge >= 0.3 is 0 Å². The summed E-state index contributed by atoms with van der Waals surface area (Å²) in [6.45, 7) is 3.65. The molecule has 2 atom stereocenters. The van der Waals surface area contributed by atoms with Gasteiger partial charge in [0.2, 0.25) is 0 Å². The van der Waals surface area contributed by atoms with E-state index < -0.39 is 0 Å². The molecule has 1 aromatic carbocycles. The summed E-state index contributed by atoms with van der Waals surface area (Å²) >= 11 is 3.45. The van der Waals surface area contributed by atoms with E-state index in [1.165, 1.54) is 0 Å². The molecule has 0 fully saturated rings. The molecule has 1 aromatic heterocycles. The van der Waals surface area contributed by atoms with Gasteiger partial charge < -0.3 is 0 Å². The second-order valence-electron chi connectivity index (χ2n) is 4.22. The van der Waals surface area contributed by atoms with Crippen molar-refractivity contribution in [1.82, 2.24) is 4.98 Å². The Balaban J connectivity index is 2.52. The average molecular weight is 292 g/mol. The van der Waals surface area contributed by atoms with E-state index in [1.54, 1.807) is 13.1 Å². The highest BCUT2D eigenvalue weighted by Gasteiger charge is 2.21. The van der Waals surface area contributed by atoms with Crippen molar-refractivity contribution >= 4 is 32.6 Å². The van der Waals surface area contributed by atoms with Crippen molar-refractivity contribution in [2.75, 3.05) is 0 Å². The van der Waals surface area contributed by atoms with Gasteiger partial charge in [0, 0.05) is 17.5 Å². The highest BCUT2D eigenvalue weighted by Crippen LogP contribution is 2.29. The van der Waals surface area contributed by atoms with Gasteiger partial charge in [-0.1, -0.05) is 47.1 Å². The highest BCUT2D eigenvalue weighted by atomic mass is 79.9. The van der Waals surface area contributed by atoms with Gasteiger partial charge in [-0.3, -0.25) is 9.78 Å². The second-order valence-corrected chi connectivity index (χ2v) is 5.21. The zero-order chi connectivity index (χ0) is 12.4. The summed E-state index contributed by atoms with van der Waals surface area (Å²) in [5, 5.41) is 1.11. The number of pyridine rings is 1. The number of para-hydroxylation sites is 1. The van der Waals surface area contributed by atoms with Crippen LogP contribution in [-0.4, -0.2) is 15.6 Å². The van der Waals surface area contributed by atoms with E-state index in [1.807, 2.05) is 37.3 Å². The van der Waals surface area contributed by atoms with Crippen LogP contribution >= 0.6 is 15.9 Å². The van der Waals surface area contributed by atoms with Crippen LogP contribution in [0.3, 0.4) is 0 Å². The maximum absolute atomic E-state index is 11.4. The first-order chi connectivity index (χ1) is 8.11. The number of rotatable bonds is 3. The largest absolute Gasteiger partial charge is 0.299 e. The molecule has 0 bridgehead atoms. The fourth-order valence-corrected chi connectivity index (χ4v) is 2.29. The van der Waals surface area contributed by atoms with Crippen LogP contribution in [0.1, 0.15) is 25.3 Å². The third-order valence-electron chi connectivity index (χ3n) is 2.98. The molecule has 0 spiro atoms. The van der Waals surface area contributed by atoms with E-state index in [0.29, 0.717) is 0 Å². The van der Waals surface area contributed by atoms with Crippen molar-refractivity contribution in [3.05, 3.63) is 42.1 Å². The lowest BCUT2D eigenvalue weighted by Gasteiger charge is -2.17. The Labute approximate surface area is 109 Å². The summed E-state index contributed by atoms with van der Waals surface area (Å²) in [7, 11) is 0. The highest BCUT2D eigenvalue weighted by molar-refractivity contribution is 9.10.